The molecule has 0 bridgehead atoms. The Labute approximate surface area is 105 Å². The zero-order valence-corrected chi connectivity index (χ0v) is 11.6. The fourth-order valence-electron chi connectivity index (χ4n) is 1.23. The van der Waals surface area contributed by atoms with Gasteiger partial charge in [-0.3, -0.25) is 0 Å². The van der Waals surface area contributed by atoms with Crippen LogP contribution in [0.2, 0.25) is 0 Å². The molecule has 0 amide bonds. The average Bonchev–Trinajstić information content (AvgIpc) is 2.27. The van der Waals surface area contributed by atoms with Gasteiger partial charge in [0.1, 0.15) is 0 Å². The van der Waals surface area contributed by atoms with Gasteiger partial charge in [-0.2, -0.15) is 0 Å². The standard InChI is InChI=1S/C13H28O4/c1-5-6-7-16-12(3)9-15-10-13(4)17-8-11(2)14/h11-14H,5-10H2,1-4H3/t11-,12+,13+/m0/s1. The van der Waals surface area contributed by atoms with E-state index in [9.17, 15) is 0 Å². The first-order valence-corrected chi connectivity index (χ1v) is 6.55. The Morgan fingerprint density at radius 3 is 2.06 bits per heavy atom. The van der Waals surface area contributed by atoms with Gasteiger partial charge < -0.3 is 19.3 Å². The number of hydrogen-bond donors (Lipinski definition) is 1. The lowest BCUT2D eigenvalue weighted by atomic mass is 10.3. The van der Waals surface area contributed by atoms with Gasteiger partial charge in [-0.15, -0.1) is 0 Å². The van der Waals surface area contributed by atoms with Gasteiger partial charge in [0.2, 0.25) is 0 Å². The fraction of sp³-hybridized carbons (Fsp3) is 1.00. The molecule has 0 saturated heterocycles. The molecule has 0 aliphatic rings. The minimum Gasteiger partial charge on any atom is -0.391 e. The number of rotatable bonds is 11. The molecule has 0 aromatic carbocycles. The van der Waals surface area contributed by atoms with Crippen molar-refractivity contribution in [3.8, 4) is 0 Å². The highest BCUT2D eigenvalue weighted by atomic mass is 16.6. The molecule has 0 saturated carbocycles. The van der Waals surface area contributed by atoms with Crippen LogP contribution >= 0.6 is 0 Å². The van der Waals surface area contributed by atoms with Crippen LogP contribution in [-0.2, 0) is 14.2 Å². The molecule has 4 heteroatoms. The SMILES string of the molecule is CCCCO[C@H](C)COC[C@@H](C)OC[C@H](C)O. The maximum absolute atomic E-state index is 9.05. The molecule has 17 heavy (non-hydrogen) atoms. The molecule has 0 radical (unpaired) electrons. The Morgan fingerprint density at radius 1 is 0.941 bits per heavy atom. The van der Waals surface area contributed by atoms with Crippen LogP contribution in [0.3, 0.4) is 0 Å². The Hall–Kier alpha value is -0.160. The van der Waals surface area contributed by atoms with E-state index in [0.717, 1.165) is 19.4 Å². The van der Waals surface area contributed by atoms with Gasteiger partial charge in [0.05, 0.1) is 38.1 Å². The molecule has 0 heterocycles. The number of unbranched alkanes of at least 4 members (excludes halogenated alkanes) is 1. The van der Waals surface area contributed by atoms with Gasteiger partial charge in [-0.05, 0) is 27.2 Å². The largest absolute Gasteiger partial charge is 0.391 e. The Morgan fingerprint density at radius 2 is 1.53 bits per heavy atom. The molecule has 104 valence electrons. The quantitative estimate of drug-likeness (QED) is 0.568. The predicted molar refractivity (Wildman–Crippen MR) is 68.2 cm³/mol. The van der Waals surface area contributed by atoms with Gasteiger partial charge in [0.25, 0.3) is 0 Å². The first kappa shape index (κ1) is 16.8. The molecule has 0 aliphatic carbocycles. The maximum Gasteiger partial charge on any atom is 0.0781 e. The van der Waals surface area contributed by atoms with E-state index < -0.39 is 6.10 Å². The summed E-state index contributed by atoms with van der Waals surface area (Å²) in [5.74, 6) is 0. The normalized spacial score (nSPS) is 16.8. The first-order chi connectivity index (χ1) is 8.06. The monoisotopic (exact) mass is 248 g/mol. The van der Waals surface area contributed by atoms with E-state index in [1.165, 1.54) is 0 Å². The zero-order chi connectivity index (χ0) is 13.1. The second-order valence-corrected chi connectivity index (χ2v) is 4.57. The summed E-state index contributed by atoms with van der Waals surface area (Å²) < 4.78 is 16.4. The van der Waals surface area contributed by atoms with Gasteiger partial charge >= 0.3 is 0 Å². The molecular formula is C13H28O4. The van der Waals surface area contributed by atoms with E-state index in [1.54, 1.807) is 6.92 Å². The van der Waals surface area contributed by atoms with Crippen LogP contribution in [0.1, 0.15) is 40.5 Å². The molecule has 3 atom stereocenters. The summed E-state index contributed by atoms with van der Waals surface area (Å²) in [5, 5.41) is 9.05. The van der Waals surface area contributed by atoms with Crippen LogP contribution in [0.4, 0.5) is 0 Å². The van der Waals surface area contributed by atoms with Gasteiger partial charge in [0, 0.05) is 6.61 Å². The van der Waals surface area contributed by atoms with Crippen LogP contribution < -0.4 is 0 Å². The fourth-order valence-corrected chi connectivity index (χ4v) is 1.23. The molecule has 0 aliphatic heterocycles. The Bertz CT molecular complexity index is 161. The van der Waals surface area contributed by atoms with E-state index in [2.05, 4.69) is 6.92 Å². The van der Waals surface area contributed by atoms with E-state index in [-0.39, 0.29) is 12.2 Å². The van der Waals surface area contributed by atoms with Crippen molar-refractivity contribution in [3.05, 3.63) is 0 Å². The van der Waals surface area contributed by atoms with Gasteiger partial charge in [-0.25, -0.2) is 0 Å². The lowest BCUT2D eigenvalue weighted by Gasteiger charge is -2.17. The Balaban J connectivity index is 3.35. The highest BCUT2D eigenvalue weighted by molar-refractivity contribution is 4.53. The topological polar surface area (TPSA) is 47.9 Å². The summed E-state index contributed by atoms with van der Waals surface area (Å²) in [6, 6.07) is 0. The van der Waals surface area contributed by atoms with E-state index in [1.807, 2.05) is 13.8 Å². The van der Waals surface area contributed by atoms with Crippen LogP contribution in [-0.4, -0.2) is 49.8 Å². The Kier molecular flexibility index (Phi) is 10.9. The molecular weight excluding hydrogens is 220 g/mol. The summed E-state index contributed by atoms with van der Waals surface area (Å²) in [7, 11) is 0. The van der Waals surface area contributed by atoms with Crippen molar-refractivity contribution >= 4 is 0 Å². The summed E-state index contributed by atoms with van der Waals surface area (Å²) in [5.41, 5.74) is 0. The van der Waals surface area contributed by atoms with E-state index >= 15 is 0 Å². The smallest absolute Gasteiger partial charge is 0.0781 e. The second kappa shape index (κ2) is 11.0. The van der Waals surface area contributed by atoms with Crippen molar-refractivity contribution in [1.29, 1.82) is 0 Å². The predicted octanol–water partition coefficient (Wildman–Crippen LogP) is 1.99. The molecule has 0 aromatic heterocycles. The third-order valence-electron chi connectivity index (χ3n) is 2.23. The molecule has 0 unspecified atom stereocenters. The maximum atomic E-state index is 9.05. The van der Waals surface area contributed by atoms with Crippen molar-refractivity contribution < 1.29 is 19.3 Å². The minimum absolute atomic E-state index is 0.00689. The van der Waals surface area contributed by atoms with Crippen molar-refractivity contribution in [1.82, 2.24) is 0 Å². The number of aliphatic hydroxyl groups excluding tert-OH is 1. The van der Waals surface area contributed by atoms with Crippen molar-refractivity contribution in [2.24, 2.45) is 0 Å². The first-order valence-electron chi connectivity index (χ1n) is 6.55. The van der Waals surface area contributed by atoms with Gasteiger partial charge in [0.15, 0.2) is 0 Å². The van der Waals surface area contributed by atoms with E-state index in [0.29, 0.717) is 19.8 Å². The molecule has 1 N–H and O–H groups in total. The highest BCUT2D eigenvalue weighted by Gasteiger charge is 2.07. The third kappa shape index (κ3) is 12.1. The average molecular weight is 248 g/mol. The zero-order valence-electron chi connectivity index (χ0n) is 11.6. The summed E-state index contributed by atoms with van der Waals surface area (Å²) in [6.45, 7) is 10.1. The molecule has 4 nitrogen and oxygen atoms in total. The lowest BCUT2D eigenvalue weighted by Crippen LogP contribution is -2.24. The van der Waals surface area contributed by atoms with E-state index in [4.69, 9.17) is 19.3 Å². The van der Waals surface area contributed by atoms with Crippen LogP contribution in [0.25, 0.3) is 0 Å². The van der Waals surface area contributed by atoms with Crippen molar-refractivity contribution in [3.63, 3.8) is 0 Å². The molecule has 0 rings (SSSR count). The molecule has 0 spiro atoms. The summed E-state index contributed by atoms with van der Waals surface area (Å²) in [4.78, 5) is 0. The van der Waals surface area contributed by atoms with Crippen LogP contribution in [0.15, 0.2) is 0 Å². The molecule has 0 fully saturated rings. The minimum atomic E-state index is -0.422. The van der Waals surface area contributed by atoms with Gasteiger partial charge in [-0.1, -0.05) is 13.3 Å². The third-order valence-corrected chi connectivity index (χ3v) is 2.23. The van der Waals surface area contributed by atoms with Crippen molar-refractivity contribution in [2.75, 3.05) is 26.4 Å². The second-order valence-electron chi connectivity index (χ2n) is 4.57. The number of aliphatic hydroxyl groups is 1. The summed E-state index contributed by atoms with van der Waals surface area (Å²) in [6.07, 6.45) is 1.96. The lowest BCUT2D eigenvalue weighted by molar-refractivity contribution is -0.0607. The van der Waals surface area contributed by atoms with Crippen LogP contribution in [0, 0.1) is 0 Å². The number of ether oxygens (including phenoxy) is 3. The summed E-state index contributed by atoms with van der Waals surface area (Å²) >= 11 is 0. The number of hydrogen-bond acceptors (Lipinski definition) is 4. The highest BCUT2D eigenvalue weighted by Crippen LogP contribution is 1.99. The van der Waals surface area contributed by atoms with Crippen LogP contribution in [0.5, 0.6) is 0 Å². The molecule has 0 aromatic rings. The van der Waals surface area contributed by atoms with Crippen molar-refractivity contribution in [2.45, 2.75) is 58.8 Å².